The topological polar surface area (TPSA) is 131 Å². The molecule has 0 aromatic heterocycles. The van der Waals surface area contributed by atoms with Crippen LogP contribution in [0.3, 0.4) is 0 Å². The molecule has 0 spiro atoms. The highest BCUT2D eigenvalue weighted by molar-refractivity contribution is 7.93. The van der Waals surface area contributed by atoms with Gasteiger partial charge in [0.15, 0.2) is 9.84 Å². The first kappa shape index (κ1) is 36.9. The van der Waals surface area contributed by atoms with E-state index < -0.39 is 39.8 Å². The number of benzene rings is 4. The van der Waals surface area contributed by atoms with Gasteiger partial charge in [-0.15, -0.1) is 0 Å². The average Bonchev–Trinajstić information content (AvgIpc) is 3.06. The fourth-order valence-corrected chi connectivity index (χ4v) is 6.01. The van der Waals surface area contributed by atoms with Gasteiger partial charge in [-0.1, -0.05) is 105 Å². The smallest absolute Gasteiger partial charge is 0.243 e. The Morgan fingerprint density at radius 1 is 0.714 bits per heavy atom. The molecule has 10 heteroatoms. The summed E-state index contributed by atoms with van der Waals surface area (Å²) < 4.78 is 29.0. The van der Waals surface area contributed by atoms with Crippen molar-refractivity contribution in [1.29, 1.82) is 0 Å². The van der Waals surface area contributed by atoms with E-state index in [9.17, 15) is 22.8 Å². The molecule has 4 rings (SSSR count). The first-order valence-corrected chi connectivity index (χ1v) is 18.3. The van der Waals surface area contributed by atoms with E-state index in [1.807, 2.05) is 98.8 Å². The van der Waals surface area contributed by atoms with Crippen LogP contribution in [0.2, 0.25) is 0 Å². The van der Waals surface area contributed by atoms with E-state index in [0.717, 1.165) is 39.1 Å². The number of carbonyl (C=O) groups excluding carboxylic acids is 3. The summed E-state index contributed by atoms with van der Waals surface area (Å²) in [6.45, 7) is 3.95. The lowest BCUT2D eigenvalue weighted by Crippen LogP contribution is -2.56. The lowest BCUT2D eigenvalue weighted by atomic mass is 10.0. The van der Waals surface area contributed by atoms with Crippen LogP contribution in [0.25, 0.3) is 10.8 Å². The Morgan fingerprint density at radius 2 is 1.29 bits per heavy atom. The van der Waals surface area contributed by atoms with E-state index in [2.05, 4.69) is 16.0 Å². The molecule has 0 aliphatic heterocycles. The minimum atomic E-state index is -3.42. The van der Waals surface area contributed by atoms with E-state index >= 15 is 0 Å². The number of ether oxygens (including phenoxy) is 1. The van der Waals surface area contributed by atoms with Crippen molar-refractivity contribution in [1.82, 2.24) is 16.0 Å². The maximum Gasteiger partial charge on any atom is 0.243 e. The highest BCUT2D eigenvalue weighted by Crippen LogP contribution is 2.17. The summed E-state index contributed by atoms with van der Waals surface area (Å²) in [6.07, 6.45) is 3.47. The van der Waals surface area contributed by atoms with Crippen LogP contribution in [0.1, 0.15) is 37.0 Å². The van der Waals surface area contributed by atoms with Gasteiger partial charge in [-0.2, -0.15) is 0 Å². The van der Waals surface area contributed by atoms with Crippen molar-refractivity contribution in [3.8, 4) is 5.75 Å². The number of hydrogen-bond donors (Lipinski definition) is 3. The summed E-state index contributed by atoms with van der Waals surface area (Å²) in [5.74, 6) is -0.512. The Kier molecular flexibility index (Phi) is 13.1. The predicted molar refractivity (Wildman–Crippen MR) is 194 cm³/mol. The Morgan fingerprint density at radius 3 is 1.92 bits per heavy atom. The Balaban J connectivity index is 1.58. The van der Waals surface area contributed by atoms with E-state index in [4.69, 9.17) is 4.74 Å². The molecule has 0 fully saturated rings. The largest absolute Gasteiger partial charge is 0.497 e. The fourth-order valence-electron chi connectivity index (χ4n) is 5.53. The van der Waals surface area contributed by atoms with E-state index in [0.29, 0.717) is 12.2 Å². The first-order valence-electron chi connectivity index (χ1n) is 16.3. The Labute approximate surface area is 289 Å². The molecule has 0 aliphatic rings. The van der Waals surface area contributed by atoms with Gasteiger partial charge in [0.2, 0.25) is 17.7 Å². The number of hydrogen-bond acceptors (Lipinski definition) is 6. The van der Waals surface area contributed by atoms with Crippen molar-refractivity contribution in [2.75, 3.05) is 13.4 Å². The molecule has 4 aromatic carbocycles. The normalized spacial score (nSPS) is 13.5. The van der Waals surface area contributed by atoms with E-state index in [-0.39, 0.29) is 31.1 Å². The molecule has 9 nitrogen and oxygen atoms in total. The van der Waals surface area contributed by atoms with Gasteiger partial charge in [-0.3, -0.25) is 14.4 Å². The molecule has 258 valence electrons. The molecule has 0 aliphatic carbocycles. The summed E-state index contributed by atoms with van der Waals surface area (Å²) >= 11 is 0. The molecule has 0 radical (unpaired) electrons. The van der Waals surface area contributed by atoms with Crippen LogP contribution in [-0.4, -0.2) is 57.6 Å². The summed E-state index contributed by atoms with van der Waals surface area (Å²) in [5, 5.41) is 11.9. The van der Waals surface area contributed by atoms with Gasteiger partial charge in [0.05, 0.1) is 13.5 Å². The fraction of sp³-hybridized carbons (Fsp3) is 0.308. The second-order valence-corrected chi connectivity index (χ2v) is 14.6. The van der Waals surface area contributed by atoms with Crippen molar-refractivity contribution >= 4 is 38.3 Å². The third-order valence-electron chi connectivity index (χ3n) is 7.96. The van der Waals surface area contributed by atoms with Crippen molar-refractivity contribution in [3.63, 3.8) is 0 Å². The van der Waals surface area contributed by atoms with Crippen LogP contribution in [0.4, 0.5) is 0 Å². The highest BCUT2D eigenvalue weighted by atomic mass is 32.2. The van der Waals surface area contributed by atoms with Gasteiger partial charge < -0.3 is 20.7 Å². The molecule has 3 amide bonds. The zero-order valence-electron chi connectivity index (χ0n) is 28.4. The first-order chi connectivity index (χ1) is 23.4. The minimum Gasteiger partial charge on any atom is -0.497 e. The maximum atomic E-state index is 14.0. The molecule has 4 aromatic rings. The van der Waals surface area contributed by atoms with Crippen molar-refractivity contribution < 1.29 is 27.5 Å². The van der Waals surface area contributed by atoms with Crippen LogP contribution in [0, 0.1) is 5.92 Å². The summed E-state index contributed by atoms with van der Waals surface area (Å²) in [5.41, 5.74) is 2.42. The summed E-state index contributed by atoms with van der Waals surface area (Å²) in [4.78, 5) is 41.3. The SMILES string of the molecule is COc1ccc(C[C@H](NC(=O)Cc2ccc3ccccc3c2)C(=O)N[C@@H](Cc2ccccc2)C(=O)N[C@H](/C=C/S(C)(=O)=O)CC(C)C)cc1. The van der Waals surface area contributed by atoms with Gasteiger partial charge in [0, 0.05) is 30.5 Å². The number of sulfone groups is 1. The lowest BCUT2D eigenvalue weighted by molar-refractivity contribution is -0.132. The van der Waals surface area contributed by atoms with Gasteiger partial charge in [-0.25, -0.2) is 8.42 Å². The van der Waals surface area contributed by atoms with E-state index in [1.165, 1.54) is 6.08 Å². The second-order valence-electron chi connectivity index (χ2n) is 12.7. The Hall–Kier alpha value is -4.96. The number of nitrogens with one attached hydrogen (secondary N) is 3. The minimum absolute atomic E-state index is 0.0642. The zero-order valence-corrected chi connectivity index (χ0v) is 29.2. The third-order valence-corrected chi connectivity index (χ3v) is 8.61. The van der Waals surface area contributed by atoms with Crippen molar-refractivity contribution in [2.24, 2.45) is 5.92 Å². The number of methoxy groups -OCH3 is 1. The Bertz CT molecular complexity index is 1860. The maximum absolute atomic E-state index is 14.0. The molecular formula is C39H45N3O6S. The van der Waals surface area contributed by atoms with E-state index in [1.54, 1.807) is 19.2 Å². The third kappa shape index (κ3) is 12.2. The highest BCUT2D eigenvalue weighted by Gasteiger charge is 2.28. The number of fused-ring (bicyclic) bond motifs is 1. The molecule has 0 saturated heterocycles. The van der Waals surface area contributed by atoms with Crippen LogP contribution in [-0.2, 0) is 43.5 Å². The number of carbonyl (C=O) groups is 3. The molecule has 0 saturated carbocycles. The number of amides is 3. The van der Waals surface area contributed by atoms with Gasteiger partial charge in [0.1, 0.15) is 17.8 Å². The molecular weight excluding hydrogens is 639 g/mol. The standard InChI is InChI=1S/C39H45N3O6S/c1-27(2)22-33(20-21-49(4,46)47)40-38(44)36(24-28-10-6-5-7-11-28)42-39(45)35(25-29-15-18-34(48-3)19-16-29)41-37(43)26-30-14-17-31-12-8-9-13-32(31)23-30/h5-21,23,27,33,35-36H,22,24-26H2,1-4H3,(H,40,44)(H,41,43)(H,42,45)/b21-20+/t33-,35+,36+/m1/s1. The molecule has 49 heavy (non-hydrogen) atoms. The van der Waals surface area contributed by atoms with Crippen molar-refractivity contribution in [3.05, 3.63) is 125 Å². The molecule has 0 unspecified atom stereocenters. The quantitative estimate of drug-likeness (QED) is 0.154. The number of rotatable bonds is 16. The second kappa shape index (κ2) is 17.4. The molecule has 3 atom stereocenters. The van der Waals surface area contributed by atoms with Gasteiger partial charge in [-0.05, 0) is 51.9 Å². The van der Waals surface area contributed by atoms with Crippen LogP contribution >= 0.6 is 0 Å². The molecule has 0 heterocycles. The average molecular weight is 684 g/mol. The zero-order chi connectivity index (χ0) is 35.4. The monoisotopic (exact) mass is 683 g/mol. The van der Waals surface area contributed by atoms with Gasteiger partial charge in [0.25, 0.3) is 0 Å². The van der Waals surface area contributed by atoms with Crippen LogP contribution in [0.5, 0.6) is 5.75 Å². The van der Waals surface area contributed by atoms with Gasteiger partial charge >= 0.3 is 0 Å². The van der Waals surface area contributed by atoms with Crippen LogP contribution in [0.15, 0.2) is 109 Å². The lowest BCUT2D eigenvalue weighted by Gasteiger charge is -2.26. The molecule has 3 N–H and O–H groups in total. The summed E-state index contributed by atoms with van der Waals surface area (Å²) in [7, 11) is -1.85. The predicted octanol–water partition coefficient (Wildman–Crippen LogP) is 4.94. The van der Waals surface area contributed by atoms with Crippen molar-refractivity contribution in [2.45, 2.75) is 57.7 Å². The summed E-state index contributed by atoms with van der Waals surface area (Å²) in [6, 6.07) is 27.6. The molecule has 0 bridgehead atoms. The van der Waals surface area contributed by atoms with Crippen LogP contribution < -0.4 is 20.7 Å².